The van der Waals surface area contributed by atoms with Crippen LogP contribution in [-0.4, -0.2) is 28.6 Å². The van der Waals surface area contributed by atoms with Crippen molar-refractivity contribution < 1.29 is 5.21 Å². The van der Waals surface area contributed by atoms with Crippen LogP contribution in [0.15, 0.2) is 35.5 Å². The van der Waals surface area contributed by atoms with Crippen molar-refractivity contribution >= 4 is 17.6 Å². The van der Waals surface area contributed by atoms with Gasteiger partial charge in [0.2, 0.25) is 0 Å². The van der Waals surface area contributed by atoms with E-state index in [1.807, 2.05) is 30.0 Å². The van der Waals surface area contributed by atoms with E-state index in [0.29, 0.717) is 11.2 Å². The Bertz CT molecular complexity index is 432. The zero-order valence-corrected chi connectivity index (χ0v) is 12.0. The summed E-state index contributed by atoms with van der Waals surface area (Å²) in [6, 6.07) is 10.3. The molecule has 1 aromatic carbocycles. The topological polar surface area (TPSA) is 70.6 Å². The first-order chi connectivity index (χ1) is 9.19. The number of nitrogens with zero attached hydrogens (tertiary/aromatic N) is 1. The van der Waals surface area contributed by atoms with Crippen molar-refractivity contribution in [2.24, 2.45) is 10.9 Å². The highest BCUT2D eigenvalue weighted by molar-refractivity contribution is 8.00. The molecular weight excluding hydrogens is 258 g/mol. The van der Waals surface area contributed by atoms with Crippen LogP contribution < -0.4 is 11.1 Å². The molecular formula is C14H21N3OS. The molecule has 0 spiro atoms. The average Bonchev–Trinajstić information content (AvgIpc) is 3.24. The van der Waals surface area contributed by atoms with Crippen molar-refractivity contribution in [1.82, 2.24) is 5.32 Å². The molecule has 0 aliphatic heterocycles. The standard InChI is InChI=1S/C14H21N3OS/c1-19-14(7-8-14)10-16-12(9-13(15)17-18)11-5-3-2-4-6-11/h2-6,12,16,18H,7-10H2,1H3,(H2,15,17). The van der Waals surface area contributed by atoms with Gasteiger partial charge in [0.25, 0.3) is 0 Å². The number of rotatable bonds is 7. The van der Waals surface area contributed by atoms with E-state index in [4.69, 9.17) is 10.9 Å². The summed E-state index contributed by atoms with van der Waals surface area (Å²) in [7, 11) is 0. The van der Waals surface area contributed by atoms with E-state index in [0.717, 1.165) is 6.54 Å². The fraction of sp³-hybridized carbons (Fsp3) is 0.500. The van der Waals surface area contributed by atoms with Gasteiger partial charge in [-0.15, -0.1) is 0 Å². The Morgan fingerprint density at radius 3 is 2.68 bits per heavy atom. The number of oxime groups is 1. The van der Waals surface area contributed by atoms with Crippen molar-refractivity contribution in [1.29, 1.82) is 0 Å². The first kappa shape index (κ1) is 14.2. The van der Waals surface area contributed by atoms with Gasteiger partial charge in [0.1, 0.15) is 5.84 Å². The number of nitrogens with one attached hydrogen (secondary N) is 1. The van der Waals surface area contributed by atoms with Crippen molar-refractivity contribution in [2.75, 3.05) is 12.8 Å². The summed E-state index contributed by atoms with van der Waals surface area (Å²) in [5.41, 5.74) is 6.83. The van der Waals surface area contributed by atoms with E-state index in [1.54, 1.807) is 0 Å². The zero-order valence-electron chi connectivity index (χ0n) is 11.2. The van der Waals surface area contributed by atoms with Gasteiger partial charge in [-0.25, -0.2) is 0 Å². The molecule has 4 N–H and O–H groups in total. The molecule has 5 heteroatoms. The lowest BCUT2D eigenvalue weighted by molar-refractivity contribution is 0.315. The molecule has 1 aliphatic rings. The number of amidine groups is 1. The maximum absolute atomic E-state index is 8.75. The molecule has 0 aromatic heterocycles. The smallest absolute Gasteiger partial charge is 0.141 e. The van der Waals surface area contributed by atoms with Crippen LogP contribution in [0.1, 0.15) is 30.9 Å². The van der Waals surface area contributed by atoms with Gasteiger partial charge in [0, 0.05) is 23.8 Å². The van der Waals surface area contributed by atoms with Crippen LogP contribution in [0.3, 0.4) is 0 Å². The van der Waals surface area contributed by atoms with E-state index < -0.39 is 0 Å². The minimum Gasteiger partial charge on any atom is -0.409 e. The maximum atomic E-state index is 8.75. The molecule has 4 nitrogen and oxygen atoms in total. The van der Waals surface area contributed by atoms with E-state index in [-0.39, 0.29) is 11.9 Å². The molecule has 0 heterocycles. The highest BCUT2D eigenvalue weighted by atomic mass is 32.2. The molecule has 0 radical (unpaired) electrons. The van der Waals surface area contributed by atoms with Crippen molar-refractivity contribution in [3.63, 3.8) is 0 Å². The second kappa shape index (κ2) is 6.30. The predicted molar refractivity (Wildman–Crippen MR) is 80.7 cm³/mol. The molecule has 1 fully saturated rings. The van der Waals surface area contributed by atoms with Gasteiger partial charge in [-0.05, 0) is 24.7 Å². The number of hydrogen-bond donors (Lipinski definition) is 3. The summed E-state index contributed by atoms with van der Waals surface area (Å²) in [5, 5.41) is 15.4. The summed E-state index contributed by atoms with van der Waals surface area (Å²) in [6.45, 7) is 0.965. The van der Waals surface area contributed by atoms with Gasteiger partial charge in [-0.1, -0.05) is 35.5 Å². The lowest BCUT2D eigenvalue weighted by atomic mass is 10.0. The Balaban J connectivity index is 2.02. The predicted octanol–water partition coefficient (Wildman–Crippen LogP) is 2.35. The molecule has 1 saturated carbocycles. The van der Waals surface area contributed by atoms with Crippen LogP contribution >= 0.6 is 11.8 Å². The van der Waals surface area contributed by atoms with Gasteiger partial charge in [-0.3, -0.25) is 0 Å². The minimum atomic E-state index is 0.0988. The fourth-order valence-corrected chi connectivity index (χ4v) is 2.88. The Morgan fingerprint density at radius 2 is 2.16 bits per heavy atom. The van der Waals surface area contributed by atoms with Crippen LogP contribution in [0.25, 0.3) is 0 Å². The first-order valence-corrected chi connectivity index (χ1v) is 7.71. The van der Waals surface area contributed by atoms with Crippen LogP contribution in [0, 0.1) is 0 Å². The lowest BCUT2D eigenvalue weighted by Gasteiger charge is -2.22. The van der Waals surface area contributed by atoms with Crippen molar-refractivity contribution in [3.05, 3.63) is 35.9 Å². The van der Waals surface area contributed by atoms with Gasteiger partial charge < -0.3 is 16.3 Å². The first-order valence-electron chi connectivity index (χ1n) is 6.49. The molecule has 1 atom stereocenters. The molecule has 104 valence electrons. The minimum absolute atomic E-state index is 0.0988. The van der Waals surface area contributed by atoms with Gasteiger partial charge in [0.05, 0.1) is 0 Å². The van der Waals surface area contributed by atoms with E-state index in [2.05, 4.69) is 28.9 Å². The average molecular weight is 279 g/mol. The molecule has 1 aromatic rings. The third-order valence-corrected chi connectivity index (χ3v) is 5.07. The SMILES string of the molecule is CSC1(CNC(C/C(N)=N/O)c2ccccc2)CC1. The third kappa shape index (κ3) is 3.88. The van der Waals surface area contributed by atoms with Crippen molar-refractivity contribution in [3.8, 4) is 0 Å². The molecule has 1 unspecified atom stereocenters. The molecule has 0 amide bonds. The fourth-order valence-electron chi connectivity index (χ4n) is 2.14. The Kier molecular flexibility index (Phi) is 4.71. The quantitative estimate of drug-likeness (QED) is 0.310. The van der Waals surface area contributed by atoms with Gasteiger partial charge in [-0.2, -0.15) is 11.8 Å². The zero-order chi connectivity index (χ0) is 13.7. The van der Waals surface area contributed by atoms with E-state index in [9.17, 15) is 0 Å². The largest absolute Gasteiger partial charge is 0.409 e. The Morgan fingerprint density at radius 1 is 1.47 bits per heavy atom. The van der Waals surface area contributed by atoms with Gasteiger partial charge >= 0.3 is 0 Å². The molecule has 0 bridgehead atoms. The number of hydrogen-bond acceptors (Lipinski definition) is 4. The van der Waals surface area contributed by atoms with Crippen LogP contribution in [0.4, 0.5) is 0 Å². The highest BCUT2D eigenvalue weighted by Gasteiger charge is 2.41. The molecule has 1 aliphatic carbocycles. The normalized spacial score (nSPS) is 19.1. The number of nitrogens with two attached hydrogens (primary N) is 1. The van der Waals surface area contributed by atoms with Crippen LogP contribution in [0.5, 0.6) is 0 Å². The summed E-state index contributed by atoms with van der Waals surface area (Å²) < 4.78 is 0.401. The highest BCUT2D eigenvalue weighted by Crippen LogP contribution is 2.46. The summed E-state index contributed by atoms with van der Waals surface area (Å²) in [5.74, 6) is 0.260. The molecule has 2 rings (SSSR count). The number of benzene rings is 1. The Labute approximate surface area is 118 Å². The lowest BCUT2D eigenvalue weighted by Crippen LogP contribution is -2.32. The van der Waals surface area contributed by atoms with E-state index in [1.165, 1.54) is 18.4 Å². The van der Waals surface area contributed by atoms with Crippen molar-refractivity contribution in [2.45, 2.75) is 30.1 Å². The molecule has 19 heavy (non-hydrogen) atoms. The second-order valence-electron chi connectivity index (χ2n) is 5.03. The van der Waals surface area contributed by atoms with Crippen LogP contribution in [-0.2, 0) is 0 Å². The van der Waals surface area contributed by atoms with Crippen LogP contribution in [0.2, 0.25) is 0 Å². The third-order valence-electron chi connectivity index (χ3n) is 3.65. The number of thioether (sulfide) groups is 1. The summed E-state index contributed by atoms with van der Waals surface area (Å²) in [4.78, 5) is 0. The molecule has 0 saturated heterocycles. The summed E-state index contributed by atoms with van der Waals surface area (Å²) in [6.07, 6.45) is 5.22. The Hall–Kier alpha value is -1.20. The summed E-state index contributed by atoms with van der Waals surface area (Å²) >= 11 is 1.93. The van der Waals surface area contributed by atoms with Gasteiger partial charge in [0.15, 0.2) is 0 Å². The second-order valence-corrected chi connectivity index (χ2v) is 6.30. The maximum Gasteiger partial charge on any atom is 0.141 e. The monoisotopic (exact) mass is 279 g/mol. The van der Waals surface area contributed by atoms with E-state index >= 15 is 0 Å².